The van der Waals surface area contributed by atoms with Gasteiger partial charge in [0.1, 0.15) is 0 Å². The Morgan fingerprint density at radius 2 is 1.94 bits per heavy atom. The molecule has 0 heterocycles. The highest BCUT2D eigenvalue weighted by Gasteiger charge is 2.22. The maximum atomic E-state index is 11.5. The molecule has 0 unspecified atom stereocenters. The van der Waals surface area contributed by atoms with Crippen LogP contribution in [-0.4, -0.2) is 18.5 Å². The topological polar surface area (TPSA) is 41.1 Å². The third kappa shape index (κ3) is 3.77. The molecule has 17 heavy (non-hydrogen) atoms. The highest BCUT2D eigenvalue weighted by Crippen LogP contribution is 2.19. The van der Waals surface area contributed by atoms with E-state index in [1.54, 1.807) is 0 Å². The van der Waals surface area contributed by atoms with Gasteiger partial charge in [0, 0.05) is 11.7 Å². The van der Waals surface area contributed by atoms with Gasteiger partial charge in [-0.1, -0.05) is 26.0 Å². The highest BCUT2D eigenvalue weighted by atomic mass is 16.2. The summed E-state index contributed by atoms with van der Waals surface area (Å²) in [5.41, 5.74) is 2.32. The minimum atomic E-state index is 0.0837. The molecule has 1 saturated carbocycles. The Labute approximate surface area is 103 Å². The summed E-state index contributed by atoms with van der Waals surface area (Å²) < 4.78 is 0. The molecule has 1 aromatic carbocycles. The fourth-order valence-corrected chi connectivity index (χ4v) is 1.67. The number of nitrogens with one attached hydrogen (secondary N) is 2. The molecule has 3 nitrogen and oxygen atoms in total. The normalized spacial score (nSPS) is 14.8. The number of anilines is 1. The molecule has 3 heteroatoms. The maximum absolute atomic E-state index is 11.5. The quantitative estimate of drug-likeness (QED) is 0.819. The van der Waals surface area contributed by atoms with E-state index in [2.05, 4.69) is 36.6 Å². The van der Waals surface area contributed by atoms with Crippen molar-refractivity contribution < 1.29 is 4.79 Å². The number of hydrogen-bond donors (Lipinski definition) is 2. The van der Waals surface area contributed by atoms with Crippen LogP contribution in [0.2, 0.25) is 0 Å². The smallest absolute Gasteiger partial charge is 0.239 e. The first-order valence-electron chi connectivity index (χ1n) is 6.28. The molecule has 0 aromatic heterocycles. The van der Waals surface area contributed by atoms with Crippen LogP contribution in [-0.2, 0) is 4.79 Å². The summed E-state index contributed by atoms with van der Waals surface area (Å²) in [5, 5.41) is 6.08. The Bertz CT molecular complexity index is 380. The van der Waals surface area contributed by atoms with E-state index < -0.39 is 0 Å². The SMILES string of the molecule is CC(C)c1ccc(NCC(=O)NC2CC2)cc1. The van der Waals surface area contributed by atoms with E-state index in [0.29, 0.717) is 18.5 Å². The van der Waals surface area contributed by atoms with Crippen molar-refractivity contribution in [3.63, 3.8) is 0 Å². The van der Waals surface area contributed by atoms with Crippen molar-refractivity contribution in [1.82, 2.24) is 5.32 Å². The van der Waals surface area contributed by atoms with E-state index >= 15 is 0 Å². The summed E-state index contributed by atoms with van der Waals surface area (Å²) in [4.78, 5) is 11.5. The van der Waals surface area contributed by atoms with Gasteiger partial charge in [-0.05, 0) is 36.5 Å². The predicted molar refractivity (Wildman–Crippen MR) is 70.2 cm³/mol. The highest BCUT2D eigenvalue weighted by molar-refractivity contribution is 5.81. The average molecular weight is 232 g/mol. The Hall–Kier alpha value is -1.51. The van der Waals surface area contributed by atoms with Crippen molar-refractivity contribution in [2.45, 2.75) is 38.6 Å². The molecule has 2 N–H and O–H groups in total. The third-order valence-corrected chi connectivity index (χ3v) is 2.97. The largest absolute Gasteiger partial charge is 0.376 e. The number of rotatable bonds is 5. The Morgan fingerprint density at radius 1 is 1.29 bits per heavy atom. The minimum Gasteiger partial charge on any atom is -0.376 e. The summed E-state index contributed by atoms with van der Waals surface area (Å²) >= 11 is 0. The predicted octanol–water partition coefficient (Wildman–Crippen LogP) is 2.50. The van der Waals surface area contributed by atoms with E-state index in [9.17, 15) is 4.79 Å². The van der Waals surface area contributed by atoms with Crippen LogP contribution >= 0.6 is 0 Å². The van der Waals surface area contributed by atoms with Crippen molar-refractivity contribution in [3.05, 3.63) is 29.8 Å². The molecule has 0 atom stereocenters. The molecule has 2 rings (SSSR count). The second-order valence-electron chi connectivity index (χ2n) is 4.97. The van der Waals surface area contributed by atoms with Crippen molar-refractivity contribution in [1.29, 1.82) is 0 Å². The Balaban J connectivity index is 1.79. The zero-order valence-electron chi connectivity index (χ0n) is 10.5. The molecular weight excluding hydrogens is 212 g/mol. The summed E-state index contributed by atoms with van der Waals surface area (Å²) in [6.07, 6.45) is 2.27. The van der Waals surface area contributed by atoms with Gasteiger partial charge >= 0.3 is 0 Å². The lowest BCUT2D eigenvalue weighted by Gasteiger charge is -2.09. The van der Waals surface area contributed by atoms with Gasteiger partial charge in [0.05, 0.1) is 6.54 Å². The monoisotopic (exact) mass is 232 g/mol. The van der Waals surface area contributed by atoms with Gasteiger partial charge in [-0.2, -0.15) is 0 Å². The van der Waals surface area contributed by atoms with Gasteiger partial charge < -0.3 is 10.6 Å². The average Bonchev–Trinajstić information content (AvgIpc) is 3.11. The maximum Gasteiger partial charge on any atom is 0.239 e. The lowest BCUT2D eigenvalue weighted by Crippen LogP contribution is -2.31. The van der Waals surface area contributed by atoms with Gasteiger partial charge in [-0.3, -0.25) is 4.79 Å². The lowest BCUT2D eigenvalue weighted by atomic mass is 10.0. The molecular formula is C14H20N2O. The number of benzene rings is 1. The van der Waals surface area contributed by atoms with Gasteiger partial charge in [0.2, 0.25) is 5.91 Å². The molecule has 1 fully saturated rings. The summed E-state index contributed by atoms with van der Waals surface area (Å²) in [5.74, 6) is 0.627. The molecule has 0 radical (unpaired) electrons. The summed E-state index contributed by atoms with van der Waals surface area (Å²) in [6.45, 7) is 4.70. The number of carbonyl (C=O) groups is 1. The van der Waals surface area contributed by atoms with Crippen LogP contribution in [0, 0.1) is 0 Å². The van der Waals surface area contributed by atoms with E-state index in [0.717, 1.165) is 18.5 Å². The van der Waals surface area contributed by atoms with Crippen LogP contribution in [0.1, 0.15) is 38.2 Å². The lowest BCUT2D eigenvalue weighted by molar-refractivity contribution is -0.119. The minimum absolute atomic E-state index is 0.0837. The van der Waals surface area contributed by atoms with Crippen molar-refractivity contribution in [3.8, 4) is 0 Å². The second kappa shape index (κ2) is 5.21. The van der Waals surface area contributed by atoms with Crippen LogP contribution in [0.5, 0.6) is 0 Å². The van der Waals surface area contributed by atoms with E-state index in [1.807, 2.05) is 12.1 Å². The van der Waals surface area contributed by atoms with E-state index in [4.69, 9.17) is 0 Å². The van der Waals surface area contributed by atoms with Gasteiger partial charge in [-0.25, -0.2) is 0 Å². The first-order valence-corrected chi connectivity index (χ1v) is 6.28. The standard InChI is InChI=1S/C14H20N2O/c1-10(2)11-3-5-12(6-4-11)15-9-14(17)16-13-7-8-13/h3-6,10,13,15H,7-9H2,1-2H3,(H,16,17). The second-order valence-corrected chi connectivity index (χ2v) is 4.97. The molecule has 0 saturated heterocycles. The first kappa shape index (κ1) is 12.0. The van der Waals surface area contributed by atoms with Gasteiger partial charge in [0.15, 0.2) is 0 Å². The van der Waals surface area contributed by atoms with Gasteiger partial charge in [0.25, 0.3) is 0 Å². The molecule has 1 amide bonds. The first-order chi connectivity index (χ1) is 8.15. The molecule has 92 valence electrons. The van der Waals surface area contributed by atoms with E-state index in [-0.39, 0.29) is 5.91 Å². The third-order valence-electron chi connectivity index (χ3n) is 2.97. The van der Waals surface area contributed by atoms with E-state index in [1.165, 1.54) is 5.56 Å². The molecule has 0 spiro atoms. The Kier molecular flexibility index (Phi) is 3.67. The van der Waals surface area contributed by atoms with Crippen LogP contribution in [0.3, 0.4) is 0 Å². The molecule has 0 aliphatic heterocycles. The van der Waals surface area contributed by atoms with Crippen molar-refractivity contribution in [2.75, 3.05) is 11.9 Å². The zero-order valence-corrected chi connectivity index (χ0v) is 10.5. The van der Waals surface area contributed by atoms with Crippen molar-refractivity contribution in [2.24, 2.45) is 0 Å². The zero-order chi connectivity index (χ0) is 12.3. The Morgan fingerprint density at radius 3 is 2.47 bits per heavy atom. The van der Waals surface area contributed by atoms with Crippen LogP contribution in [0.15, 0.2) is 24.3 Å². The number of hydrogen-bond acceptors (Lipinski definition) is 2. The number of amides is 1. The fourth-order valence-electron chi connectivity index (χ4n) is 1.67. The van der Waals surface area contributed by atoms with Crippen LogP contribution < -0.4 is 10.6 Å². The van der Waals surface area contributed by atoms with Gasteiger partial charge in [-0.15, -0.1) is 0 Å². The molecule has 0 bridgehead atoms. The summed E-state index contributed by atoms with van der Waals surface area (Å²) in [6, 6.07) is 8.70. The number of carbonyl (C=O) groups excluding carboxylic acids is 1. The molecule has 1 aliphatic rings. The molecule has 1 aromatic rings. The van der Waals surface area contributed by atoms with Crippen LogP contribution in [0.25, 0.3) is 0 Å². The summed E-state index contributed by atoms with van der Waals surface area (Å²) in [7, 11) is 0. The van der Waals surface area contributed by atoms with Crippen LogP contribution in [0.4, 0.5) is 5.69 Å². The fraction of sp³-hybridized carbons (Fsp3) is 0.500. The van der Waals surface area contributed by atoms with Crippen molar-refractivity contribution >= 4 is 11.6 Å². The molecule has 1 aliphatic carbocycles.